The second-order valence-corrected chi connectivity index (χ2v) is 13.0. The molecular weight excluding hydrogens is 528 g/mol. The minimum absolute atomic E-state index is 0.0425. The molecule has 2 aliphatic heterocycles. The Labute approximate surface area is 233 Å². The molecule has 0 spiro atoms. The number of ether oxygens (including phenoxy) is 1. The van der Waals surface area contributed by atoms with E-state index in [1.54, 1.807) is 11.8 Å². The lowest BCUT2D eigenvalue weighted by Crippen LogP contribution is -2.42. The van der Waals surface area contributed by atoms with E-state index in [9.17, 15) is 14.4 Å². The van der Waals surface area contributed by atoms with Gasteiger partial charge < -0.3 is 9.72 Å². The number of rotatable bonds is 4. The van der Waals surface area contributed by atoms with E-state index in [0.717, 1.165) is 33.4 Å². The lowest BCUT2D eigenvalue weighted by atomic mass is 9.68. The highest BCUT2D eigenvalue weighted by molar-refractivity contribution is 8.00. The molecule has 8 rings (SSSR count). The number of thioether (sulfide) groups is 1. The molecule has 39 heavy (non-hydrogen) atoms. The first kappa shape index (κ1) is 23.3. The van der Waals surface area contributed by atoms with Crippen molar-refractivity contribution in [1.82, 2.24) is 4.98 Å². The highest BCUT2D eigenvalue weighted by atomic mass is 32.2. The quantitative estimate of drug-likeness (QED) is 0.319. The summed E-state index contributed by atoms with van der Waals surface area (Å²) in [5.74, 6) is 1.05. The molecule has 2 aliphatic carbocycles. The number of aromatic nitrogens is 1. The standard InChI is InChI=1S/C31H24N2O4S2/c34-29-24-20-15-21(25(24)30(35)33(29)17-9-3-1-4-10-17)26-23(20)22(27-28(38-26)32-31(36)39-27)16-8-7-13-19(14-16)37-18-11-5-2-6-12-18/h1-14,20-26H,15H2,(H,32,36)/t20-,21-,22+,23+,24+,25+,26-/m1/s1. The number of nitrogens with zero attached hydrogens (tertiary/aromatic N) is 1. The lowest BCUT2D eigenvalue weighted by Gasteiger charge is -2.43. The third-order valence-corrected chi connectivity index (χ3v) is 11.5. The SMILES string of the molecule is O=C1[C@H]2[C@H]3C[C@@H]([C@@H]2C(=O)N1c1ccccc1)[C@H]1[C@H](c2cccc(Oc4ccccc4)c2)c2sc(=O)[nH]c2S[C@H]31. The number of aromatic amines is 1. The van der Waals surface area contributed by atoms with Crippen LogP contribution in [0.2, 0.25) is 0 Å². The summed E-state index contributed by atoms with van der Waals surface area (Å²) in [6.45, 7) is 0. The Morgan fingerprint density at radius 3 is 2.26 bits per heavy atom. The van der Waals surface area contributed by atoms with Gasteiger partial charge in [0, 0.05) is 16.0 Å². The summed E-state index contributed by atoms with van der Waals surface area (Å²) < 4.78 is 6.16. The first-order chi connectivity index (χ1) is 19.1. The molecule has 2 bridgehead atoms. The van der Waals surface area contributed by atoms with Crippen LogP contribution in [0.3, 0.4) is 0 Å². The van der Waals surface area contributed by atoms with Crippen molar-refractivity contribution in [2.45, 2.75) is 22.6 Å². The fraction of sp³-hybridized carbons (Fsp3) is 0.258. The van der Waals surface area contributed by atoms with Crippen LogP contribution in [0.1, 0.15) is 22.8 Å². The summed E-state index contributed by atoms with van der Waals surface area (Å²) in [6, 6.07) is 27.1. The number of H-pyrrole nitrogens is 1. The van der Waals surface area contributed by atoms with Crippen molar-refractivity contribution < 1.29 is 14.3 Å². The molecule has 3 heterocycles. The average Bonchev–Trinajstić information content (AvgIpc) is 3.68. The number of carbonyl (C=O) groups excluding carboxylic acids is 2. The third kappa shape index (κ3) is 3.44. The number of hydrogen-bond donors (Lipinski definition) is 1. The predicted molar refractivity (Wildman–Crippen MR) is 150 cm³/mol. The molecule has 194 valence electrons. The Bertz CT molecular complexity index is 1670. The van der Waals surface area contributed by atoms with Gasteiger partial charge in [-0.05, 0) is 66.1 Å². The van der Waals surface area contributed by atoms with Crippen LogP contribution in [-0.4, -0.2) is 22.0 Å². The molecule has 1 saturated heterocycles. The van der Waals surface area contributed by atoms with Crippen LogP contribution >= 0.6 is 23.1 Å². The Balaban J connectivity index is 1.20. The van der Waals surface area contributed by atoms with Gasteiger partial charge in [-0.25, -0.2) is 0 Å². The monoisotopic (exact) mass is 552 g/mol. The van der Waals surface area contributed by atoms with Crippen LogP contribution in [0, 0.1) is 29.6 Å². The molecule has 3 aromatic carbocycles. The zero-order valence-electron chi connectivity index (χ0n) is 20.7. The second kappa shape index (κ2) is 8.69. The summed E-state index contributed by atoms with van der Waals surface area (Å²) in [4.78, 5) is 45.6. The minimum atomic E-state index is -0.312. The van der Waals surface area contributed by atoms with Crippen LogP contribution in [0.5, 0.6) is 11.5 Å². The van der Waals surface area contributed by atoms with Crippen molar-refractivity contribution in [3.05, 3.63) is 105 Å². The van der Waals surface area contributed by atoms with E-state index < -0.39 is 0 Å². The van der Waals surface area contributed by atoms with E-state index in [1.165, 1.54) is 16.2 Å². The maximum absolute atomic E-state index is 13.8. The van der Waals surface area contributed by atoms with Crippen LogP contribution < -0.4 is 14.5 Å². The maximum atomic E-state index is 13.8. The van der Waals surface area contributed by atoms with Crippen molar-refractivity contribution in [3.8, 4) is 11.5 Å². The van der Waals surface area contributed by atoms with Gasteiger partial charge in [0.05, 0.1) is 22.5 Å². The van der Waals surface area contributed by atoms with Gasteiger partial charge in [-0.2, -0.15) is 0 Å². The van der Waals surface area contributed by atoms with E-state index in [2.05, 4.69) is 17.1 Å². The smallest absolute Gasteiger partial charge is 0.305 e. The van der Waals surface area contributed by atoms with Gasteiger partial charge in [0.1, 0.15) is 11.5 Å². The Hall–Kier alpha value is -3.62. The van der Waals surface area contributed by atoms with Crippen molar-refractivity contribution >= 4 is 40.6 Å². The molecule has 0 radical (unpaired) electrons. The normalized spacial score (nSPS) is 30.3. The molecule has 4 aromatic rings. The number of amides is 2. The van der Waals surface area contributed by atoms with E-state index >= 15 is 0 Å². The van der Waals surface area contributed by atoms with E-state index in [4.69, 9.17) is 4.74 Å². The summed E-state index contributed by atoms with van der Waals surface area (Å²) in [5, 5.41) is 1.07. The Kier molecular flexibility index (Phi) is 5.19. The van der Waals surface area contributed by atoms with Gasteiger partial charge in [0.2, 0.25) is 11.8 Å². The van der Waals surface area contributed by atoms with E-state index in [1.807, 2.05) is 72.8 Å². The number of hydrogen-bond acceptors (Lipinski definition) is 6. The van der Waals surface area contributed by atoms with Gasteiger partial charge in [0.25, 0.3) is 0 Å². The topological polar surface area (TPSA) is 79.5 Å². The predicted octanol–water partition coefficient (Wildman–Crippen LogP) is 5.91. The number of benzene rings is 3. The largest absolute Gasteiger partial charge is 0.457 e. The first-order valence-electron chi connectivity index (χ1n) is 13.2. The number of carbonyl (C=O) groups is 2. The van der Waals surface area contributed by atoms with Crippen molar-refractivity contribution in [2.75, 3.05) is 4.90 Å². The van der Waals surface area contributed by atoms with E-state index in [0.29, 0.717) is 5.69 Å². The number of imide groups is 1. The van der Waals surface area contributed by atoms with Gasteiger partial charge in [-0.1, -0.05) is 59.9 Å². The third-order valence-electron chi connectivity index (χ3n) is 8.93. The van der Waals surface area contributed by atoms with Gasteiger partial charge in [0.15, 0.2) is 0 Å². The number of para-hydroxylation sites is 2. The average molecular weight is 553 g/mol. The molecule has 1 N–H and O–H groups in total. The van der Waals surface area contributed by atoms with Crippen molar-refractivity contribution in [1.29, 1.82) is 0 Å². The van der Waals surface area contributed by atoms with Gasteiger partial charge >= 0.3 is 4.87 Å². The number of fused-ring (bicyclic) bond motifs is 9. The molecule has 8 heteroatoms. The van der Waals surface area contributed by atoms with Crippen LogP contribution in [0.25, 0.3) is 0 Å². The fourth-order valence-electron chi connectivity index (χ4n) is 7.62. The number of anilines is 1. The molecule has 2 amide bonds. The minimum Gasteiger partial charge on any atom is -0.457 e. The van der Waals surface area contributed by atoms with Crippen LogP contribution in [0.4, 0.5) is 5.69 Å². The highest BCUT2D eigenvalue weighted by Gasteiger charge is 2.69. The Morgan fingerprint density at radius 2 is 1.49 bits per heavy atom. The van der Waals surface area contributed by atoms with Crippen LogP contribution in [-0.2, 0) is 9.59 Å². The molecule has 7 atom stereocenters. The van der Waals surface area contributed by atoms with Gasteiger partial charge in [-0.15, -0.1) is 11.8 Å². The molecule has 6 nitrogen and oxygen atoms in total. The summed E-state index contributed by atoms with van der Waals surface area (Å²) in [7, 11) is 0. The molecular formula is C31H24N2O4S2. The summed E-state index contributed by atoms with van der Waals surface area (Å²) in [5.41, 5.74) is 1.73. The summed E-state index contributed by atoms with van der Waals surface area (Å²) >= 11 is 2.98. The molecule has 4 aliphatic rings. The fourth-order valence-corrected chi connectivity index (χ4v) is 10.5. The van der Waals surface area contributed by atoms with Crippen molar-refractivity contribution in [2.24, 2.45) is 29.6 Å². The number of thiazole rings is 1. The zero-order chi connectivity index (χ0) is 26.2. The molecule has 2 saturated carbocycles. The number of nitrogens with one attached hydrogen (secondary N) is 1. The molecule has 1 aromatic heterocycles. The van der Waals surface area contributed by atoms with Gasteiger partial charge in [-0.3, -0.25) is 19.3 Å². The maximum Gasteiger partial charge on any atom is 0.305 e. The van der Waals surface area contributed by atoms with Crippen molar-refractivity contribution in [3.63, 3.8) is 0 Å². The molecule has 3 fully saturated rings. The zero-order valence-corrected chi connectivity index (χ0v) is 22.4. The second-order valence-electron chi connectivity index (χ2n) is 10.8. The van der Waals surface area contributed by atoms with Crippen LogP contribution in [0.15, 0.2) is 94.7 Å². The Morgan fingerprint density at radius 1 is 0.795 bits per heavy atom. The molecule has 0 unspecified atom stereocenters. The first-order valence-corrected chi connectivity index (χ1v) is 14.9. The lowest BCUT2D eigenvalue weighted by molar-refractivity contribution is -0.123. The van der Waals surface area contributed by atoms with E-state index in [-0.39, 0.29) is 57.4 Å². The highest BCUT2D eigenvalue weighted by Crippen LogP contribution is 2.68. The summed E-state index contributed by atoms with van der Waals surface area (Å²) in [6.07, 6.45) is 0.869.